The standard InChI is InChI=1S/C25H21F3N2O2/c26-25(27,28)19-11-7-17(8-12-19)21-5-1-2-6-22(21)23(31)29-20-13-9-18(10-14-20)24(32)30-15-3-4-16-30/h1-2,5-14H,3-4,15-16H2,(H,29,31). The highest BCUT2D eigenvalue weighted by Gasteiger charge is 2.30. The number of likely N-dealkylation sites (tertiary alicyclic amines) is 1. The van der Waals surface area contributed by atoms with Crippen molar-refractivity contribution in [2.45, 2.75) is 19.0 Å². The topological polar surface area (TPSA) is 49.4 Å². The third kappa shape index (κ3) is 4.66. The molecule has 1 heterocycles. The quantitative estimate of drug-likeness (QED) is 0.555. The van der Waals surface area contributed by atoms with E-state index in [9.17, 15) is 22.8 Å². The van der Waals surface area contributed by atoms with Crippen LogP contribution in [0, 0.1) is 0 Å². The fraction of sp³-hybridized carbons (Fsp3) is 0.200. The maximum atomic E-state index is 12.9. The van der Waals surface area contributed by atoms with E-state index >= 15 is 0 Å². The van der Waals surface area contributed by atoms with Gasteiger partial charge in [-0.2, -0.15) is 13.2 Å². The van der Waals surface area contributed by atoms with Gasteiger partial charge < -0.3 is 10.2 Å². The van der Waals surface area contributed by atoms with E-state index in [2.05, 4.69) is 5.32 Å². The van der Waals surface area contributed by atoms with Crippen molar-refractivity contribution in [2.24, 2.45) is 0 Å². The summed E-state index contributed by atoms with van der Waals surface area (Å²) < 4.78 is 38.6. The molecule has 32 heavy (non-hydrogen) atoms. The number of hydrogen-bond donors (Lipinski definition) is 1. The number of rotatable bonds is 4. The van der Waals surface area contributed by atoms with Crippen molar-refractivity contribution in [3.63, 3.8) is 0 Å². The Morgan fingerprint density at radius 1 is 0.812 bits per heavy atom. The second kappa shape index (κ2) is 8.86. The minimum absolute atomic E-state index is 0.0203. The molecule has 0 aromatic heterocycles. The Bertz CT molecular complexity index is 1120. The van der Waals surface area contributed by atoms with Gasteiger partial charge in [0, 0.05) is 29.9 Å². The number of carbonyl (C=O) groups excluding carboxylic acids is 2. The zero-order valence-corrected chi connectivity index (χ0v) is 17.2. The molecule has 2 amide bonds. The van der Waals surface area contributed by atoms with Crippen molar-refractivity contribution in [3.05, 3.63) is 89.5 Å². The first kappa shape index (κ1) is 21.6. The van der Waals surface area contributed by atoms with Crippen LogP contribution in [0.3, 0.4) is 0 Å². The van der Waals surface area contributed by atoms with Gasteiger partial charge >= 0.3 is 6.18 Å². The van der Waals surface area contributed by atoms with Gasteiger partial charge in [0.2, 0.25) is 0 Å². The Morgan fingerprint density at radius 2 is 1.44 bits per heavy atom. The van der Waals surface area contributed by atoms with Crippen LogP contribution in [-0.4, -0.2) is 29.8 Å². The Morgan fingerprint density at radius 3 is 2.06 bits per heavy atom. The van der Waals surface area contributed by atoms with Crippen LogP contribution in [0.25, 0.3) is 11.1 Å². The van der Waals surface area contributed by atoms with Gasteiger partial charge in [0.25, 0.3) is 11.8 Å². The summed E-state index contributed by atoms with van der Waals surface area (Å²) in [6.07, 6.45) is -2.39. The van der Waals surface area contributed by atoms with Crippen molar-refractivity contribution in [1.82, 2.24) is 4.90 Å². The van der Waals surface area contributed by atoms with Crippen molar-refractivity contribution in [1.29, 1.82) is 0 Å². The molecule has 0 atom stereocenters. The van der Waals surface area contributed by atoms with Crippen LogP contribution >= 0.6 is 0 Å². The fourth-order valence-electron chi connectivity index (χ4n) is 3.77. The SMILES string of the molecule is O=C(Nc1ccc(C(=O)N2CCCC2)cc1)c1ccccc1-c1ccc(C(F)(F)F)cc1. The monoisotopic (exact) mass is 438 g/mol. The molecule has 4 rings (SSSR count). The van der Waals surface area contributed by atoms with Crippen LogP contribution in [0.15, 0.2) is 72.8 Å². The summed E-state index contributed by atoms with van der Waals surface area (Å²) in [6.45, 7) is 1.52. The minimum atomic E-state index is -4.42. The smallest absolute Gasteiger partial charge is 0.339 e. The lowest BCUT2D eigenvalue weighted by atomic mass is 9.98. The second-order valence-corrected chi connectivity index (χ2v) is 7.65. The average Bonchev–Trinajstić information content (AvgIpc) is 3.34. The second-order valence-electron chi connectivity index (χ2n) is 7.65. The van der Waals surface area contributed by atoms with E-state index in [-0.39, 0.29) is 11.8 Å². The highest BCUT2D eigenvalue weighted by atomic mass is 19.4. The minimum Gasteiger partial charge on any atom is -0.339 e. The zero-order chi connectivity index (χ0) is 22.7. The van der Waals surface area contributed by atoms with Gasteiger partial charge in [-0.3, -0.25) is 9.59 Å². The zero-order valence-electron chi connectivity index (χ0n) is 17.2. The van der Waals surface area contributed by atoms with E-state index in [1.807, 2.05) is 4.90 Å². The molecular formula is C25H21F3N2O2. The molecule has 1 fully saturated rings. The molecule has 3 aromatic rings. The van der Waals surface area contributed by atoms with Crippen molar-refractivity contribution < 1.29 is 22.8 Å². The lowest BCUT2D eigenvalue weighted by molar-refractivity contribution is -0.137. The maximum absolute atomic E-state index is 12.9. The molecule has 3 aromatic carbocycles. The Balaban J connectivity index is 1.51. The largest absolute Gasteiger partial charge is 0.416 e. The number of nitrogens with one attached hydrogen (secondary N) is 1. The first-order valence-electron chi connectivity index (χ1n) is 10.3. The molecule has 0 radical (unpaired) electrons. The molecule has 1 saturated heterocycles. The maximum Gasteiger partial charge on any atom is 0.416 e. The molecular weight excluding hydrogens is 417 g/mol. The highest BCUT2D eigenvalue weighted by molar-refractivity contribution is 6.09. The average molecular weight is 438 g/mol. The van der Waals surface area contributed by atoms with Crippen LogP contribution < -0.4 is 5.32 Å². The van der Waals surface area contributed by atoms with E-state index in [1.54, 1.807) is 48.5 Å². The molecule has 1 aliphatic heterocycles. The Hall–Kier alpha value is -3.61. The summed E-state index contributed by atoms with van der Waals surface area (Å²) in [5.41, 5.74) is 1.72. The summed E-state index contributed by atoms with van der Waals surface area (Å²) in [6, 6.07) is 18.1. The number of halogens is 3. The molecule has 1 aliphatic rings. The lowest BCUT2D eigenvalue weighted by Gasteiger charge is -2.15. The van der Waals surface area contributed by atoms with Crippen LogP contribution in [0.2, 0.25) is 0 Å². The molecule has 7 heteroatoms. The summed E-state index contributed by atoms with van der Waals surface area (Å²) in [5.74, 6) is -0.410. The number of benzene rings is 3. The first-order valence-corrected chi connectivity index (χ1v) is 10.3. The number of carbonyl (C=O) groups is 2. The van der Waals surface area contributed by atoms with E-state index in [4.69, 9.17) is 0 Å². The van der Waals surface area contributed by atoms with Crippen LogP contribution in [0.5, 0.6) is 0 Å². The number of alkyl halides is 3. The van der Waals surface area contributed by atoms with Crippen molar-refractivity contribution in [2.75, 3.05) is 18.4 Å². The van der Waals surface area contributed by atoms with Gasteiger partial charge in [0.1, 0.15) is 0 Å². The predicted octanol–water partition coefficient (Wildman–Crippen LogP) is 5.86. The third-order valence-electron chi connectivity index (χ3n) is 5.48. The summed E-state index contributed by atoms with van der Waals surface area (Å²) >= 11 is 0. The lowest BCUT2D eigenvalue weighted by Crippen LogP contribution is -2.27. The Labute approximate surface area is 183 Å². The van der Waals surface area contributed by atoms with Crippen molar-refractivity contribution >= 4 is 17.5 Å². The van der Waals surface area contributed by atoms with Gasteiger partial charge in [-0.05, 0) is 66.4 Å². The Kier molecular flexibility index (Phi) is 5.99. The molecule has 0 bridgehead atoms. The molecule has 164 valence electrons. The van der Waals surface area contributed by atoms with Gasteiger partial charge in [-0.25, -0.2) is 0 Å². The molecule has 0 saturated carbocycles. The molecule has 0 aliphatic carbocycles. The van der Waals surface area contributed by atoms with Crippen LogP contribution in [0.4, 0.5) is 18.9 Å². The first-order chi connectivity index (χ1) is 15.3. The van der Waals surface area contributed by atoms with E-state index in [0.29, 0.717) is 27.9 Å². The van der Waals surface area contributed by atoms with E-state index in [0.717, 1.165) is 38.1 Å². The third-order valence-corrected chi connectivity index (χ3v) is 5.48. The summed E-state index contributed by atoms with van der Waals surface area (Å²) in [4.78, 5) is 27.2. The van der Waals surface area contributed by atoms with Gasteiger partial charge in [-0.1, -0.05) is 30.3 Å². The van der Waals surface area contributed by atoms with Crippen LogP contribution in [-0.2, 0) is 6.18 Å². The molecule has 0 spiro atoms. The van der Waals surface area contributed by atoms with Gasteiger partial charge in [0.05, 0.1) is 5.56 Å². The normalized spacial score (nSPS) is 13.8. The number of anilines is 1. The number of hydrogen-bond acceptors (Lipinski definition) is 2. The molecule has 0 unspecified atom stereocenters. The van der Waals surface area contributed by atoms with Gasteiger partial charge in [0.15, 0.2) is 0 Å². The van der Waals surface area contributed by atoms with E-state index < -0.39 is 11.7 Å². The fourth-order valence-corrected chi connectivity index (χ4v) is 3.77. The predicted molar refractivity (Wildman–Crippen MR) is 116 cm³/mol. The molecule has 4 nitrogen and oxygen atoms in total. The highest BCUT2D eigenvalue weighted by Crippen LogP contribution is 2.32. The number of amides is 2. The van der Waals surface area contributed by atoms with E-state index in [1.165, 1.54) is 12.1 Å². The summed E-state index contributed by atoms with van der Waals surface area (Å²) in [5, 5.41) is 2.80. The van der Waals surface area contributed by atoms with Crippen molar-refractivity contribution in [3.8, 4) is 11.1 Å². The van der Waals surface area contributed by atoms with Crippen LogP contribution in [0.1, 0.15) is 39.1 Å². The summed E-state index contributed by atoms with van der Waals surface area (Å²) in [7, 11) is 0. The van der Waals surface area contributed by atoms with Gasteiger partial charge in [-0.15, -0.1) is 0 Å². The molecule has 1 N–H and O–H groups in total. The number of nitrogens with zero attached hydrogens (tertiary/aromatic N) is 1.